The zero-order valence-electron chi connectivity index (χ0n) is 13.9. The lowest BCUT2D eigenvalue weighted by atomic mass is 9.45. The molecule has 0 radical (unpaired) electrons. The number of aliphatic hydroxyl groups excluding tert-OH is 2. The summed E-state index contributed by atoms with van der Waals surface area (Å²) in [5.41, 5.74) is 0.128. The molecule has 4 rings (SSSR count). The second-order valence-electron chi connectivity index (χ2n) is 9.35. The van der Waals surface area contributed by atoms with Gasteiger partial charge in [0.15, 0.2) is 0 Å². The van der Waals surface area contributed by atoms with Gasteiger partial charge in [0.05, 0.1) is 12.2 Å². The van der Waals surface area contributed by atoms with Gasteiger partial charge in [-0.25, -0.2) is 0 Å². The van der Waals surface area contributed by atoms with Gasteiger partial charge in [-0.1, -0.05) is 13.8 Å². The molecule has 0 aliphatic heterocycles. The van der Waals surface area contributed by atoms with Gasteiger partial charge < -0.3 is 10.2 Å². The van der Waals surface area contributed by atoms with Gasteiger partial charge in [0.2, 0.25) is 0 Å². The molecule has 124 valence electrons. The van der Waals surface area contributed by atoms with E-state index < -0.39 is 0 Å². The number of rotatable bonds is 0. The first-order valence-electron chi connectivity index (χ1n) is 9.22. The highest BCUT2D eigenvalue weighted by Gasteiger charge is 2.62. The molecule has 22 heavy (non-hydrogen) atoms. The molecule has 0 amide bonds. The quantitative estimate of drug-likeness (QED) is 0.723. The van der Waals surface area contributed by atoms with Crippen molar-refractivity contribution in [3.05, 3.63) is 0 Å². The maximum Gasteiger partial charge on any atom is 0.137 e. The van der Waals surface area contributed by atoms with E-state index in [1.54, 1.807) is 0 Å². The Labute approximate surface area is 133 Å². The third kappa shape index (κ3) is 1.97. The summed E-state index contributed by atoms with van der Waals surface area (Å²) in [5.74, 6) is 2.15. The highest BCUT2D eigenvalue weighted by Crippen LogP contribution is 2.65. The molecule has 0 bridgehead atoms. The van der Waals surface area contributed by atoms with E-state index in [-0.39, 0.29) is 29.0 Å². The molecular weight excluding hydrogens is 276 g/mol. The lowest BCUT2D eigenvalue weighted by Crippen LogP contribution is -2.56. The van der Waals surface area contributed by atoms with E-state index in [1.165, 1.54) is 0 Å². The second kappa shape index (κ2) is 4.80. The van der Waals surface area contributed by atoms with Crippen LogP contribution in [0.3, 0.4) is 0 Å². The fourth-order valence-electron chi connectivity index (χ4n) is 7.10. The standard InChI is InChI=1S/C19H30O3/c1-18-9-13(21)8-15(18)14-4-3-11-7-12(20)5-6-19(11,2)17(14)16(22)10-18/h11-15,17,20-21H,3-10H2,1-2H3/t11-,12-,13+,14-,15-,17+,18-,19-/m0/s1. The maximum atomic E-state index is 13.1. The Balaban J connectivity index is 1.68. The lowest BCUT2D eigenvalue weighted by Gasteiger charge is -2.59. The Hall–Kier alpha value is -0.410. The van der Waals surface area contributed by atoms with Gasteiger partial charge in [-0.05, 0) is 73.5 Å². The number of hydrogen-bond donors (Lipinski definition) is 2. The van der Waals surface area contributed by atoms with Crippen molar-refractivity contribution in [2.45, 2.75) is 77.4 Å². The van der Waals surface area contributed by atoms with Crippen LogP contribution in [0, 0.1) is 34.5 Å². The summed E-state index contributed by atoms with van der Waals surface area (Å²) in [7, 11) is 0. The third-order valence-corrected chi connectivity index (χ3v) is 8.06. The van der Waals surface area contributed by atoms with Crippen LogP contribution in [0.15, 0.2) is 0 Å². The van der Waals surface area contributed by atoms with E-state index in [4.69, 9.17) is 0 Å². The van der Waals surface area contributed by atoms with E-state index in [0.717, 1.165) is 44.9 Å². The van der Waals surface area contributed by atoms with Crippen molar-refractivity contribution in [1.29, 1.82) is 0 Å². The number of fused-ring (bicyclic) bond motifs is 5. The molecule has 4 fully saturated rings. The van der Waals surface area contributed by atoms with Gasteiger partial charge in [0, 0.05) is 12.3 Å². The first-order valence-corrected chi connectivity index (χ1v) is 9.22. The van der Waals surface area contributed by atoms with Crippen molar-refractivity contribution in [1.82, 2.24) is 0 Å². The largest absolute Gasteiger partial charge is 0.393 e. The Morgan fingerprint density at radius 2 is 1.82 bits per heavy atom. The van der Waals surface area contributed by atoms with Gasteiger partial charge in [0.1, 0.15) is 5.78 Å². The van der Waals surface area contributed by atoms with E-state index in [0.29, 0.717) is 30.0 Å². The minimum atomic E-state index is -0.208. The first-order chi connectivity index (χ1) is 10.3. The molecule has 4 aliphatic rings. The third-order valence-electron chi connectivity index (χ3n) is 8.06. The summed E-state index contributed by atoms with van der Waals surface area (Å²) in [6.45, 7) is 4.56. The molecule has 0 unspecified atom stereocenters. The highest BCUT2D eigenvalue weighted by atomic mass is 16.3. The summed E-state index contributed by atoms with van der Waals surface area (Å²) in [6.07, 6.45) is 7.03. The van der Waals surface area contributed by atoms with Crippen molar-refractivity contribution in [3.8, 4) is 0 Å². The molecule has 8 atom stereocenters. The molecule has 4 aliphatic carbocycles. The monoisotopic (exact) mass is 306 g/mol. The van der Waals surface area contributed by atoms with Crippen LogP contribution in [0.1, 0.15) is 65.2 Å². The number of ketones is 1. The fourth-order valence-corrected chi connectivity index (χ4v) is 7.10. The molecule has 3 heteroatoms. The van der Waals surface area contributed by atoms with Crippen LogP contribution in [0.5, 0.6) is 0 Å². The Morgan fingerprint density at radius 3 is 2.59 bits per heavy atom. The van der Waals surface area contributed by atoms with Crippen LogP contribution < -0.4 is 0 Å². The predicted octanol–water partition coefficient (Wildman–Crippen LogP) is 2.93. The van der Waals surface area contributed by atoms with E-state index in [1.807, 2.05) is 0 Å². The van der Waals surface area contributed by atoms with Gasteiger partial charge in [0.25, 0.3) is 0 Å². The maximum absolute atomic E-state index is 13.1. The number of Topliss-reactive ketones (excluding diaryl/α,β-unsaturated/α-hetero) is 1. The zero-order valence-corrected chi connectivity index (χ0v) is 13.9. The van der Waals surface area contributed by atoms with Gasteiger partial charge >= 0.3 is 0 Å². The molecule has 4 saturated carbocycles. The molecule has 0 aromatic carbocycles. The predicted molar refractivity (Wildman–Crippen MR) is 84.1 cm³/mol. The molecule has 0 heterocycles. The van der Waals surface area contributed by atoms with Crippen LogP contribution in [0.4, 0.5) is 0 Å². The first kappa shape index (κ1) is 15.1. The normalized spacial score (nSPS) is 57.9. The van der Waals surface area contributed by atoms with Crippen LogP contribution in [-0.4, -0.2) is 28.2 Å². The smallest absolute Gasteiger partial charge is 0.137 e. The topological polar surface area (TPSA) is 57.5 Å². The highest BCUT2D eigenvalue weighted by molar-refractivity contribution is 5.84. The van der Waals surface area contributed by atoms with Gasteiger partial charge in [-0.3, -0.25) is 4.79 Å². The number of aliphatic hydroxyl groups is 2. The van der Waals surface area contributed by atoms with E-state index in [2.05, 4.69) is 13.8 Å². The summed E-state index contributed by atoms with van der Waals surface area (Å²) in [6, 6.07) is 0. The van der Waals surface area contributed by atoms with Gasteiger partial charge in [-0.2, -0.15) is 0 Å². The van der Waals surface area contributed by atoms with Gasteiger partial charge in [-0.15, -0.1) is 0 Å². The number of carbonyl (C=O) groups excluding carboxylic acids is 1. The SMILES string of the molecule is C[C@]12CC(=O)[C@H]3[C@@H](CC[C@H]4C[C@@H](O)CC[C@@]43C)[C@@H]1C[C@@H](O)C2. The summed E-state index contributed by atoms with van der Waals surface area (Å²) < 4.78 is 0. The lowest BCUT2D eigenvalue weighted by molar-refractivity contribution is -0.159. The summed E-state index contributed by atoms with van der Waals surface area (Å²) in [4.78, 5) is 13.1. The van der Waals surface area contributed by atoms with Crippen LogP contribution in [0.25, 0.3) is 0 Å². The van der Waals surface area contributed by atoms with Crippen LogP contribution >= 0.6 is 0 Å². The Morgan fingerprint density at radius 1 is 1.05 bits per heavy atom. The molecule has 3 nitrogen and oxygen atoms in total. The van der Waals surface area contributed by atoms with Crippen molar-refractivity contribution in [3.63, 3.8) is 0 Å². The summed E-state index contributed by atoms with van der Waals surface area (Å²) in [5, 5.41) is 20.2. The molecule has 2 N–H and O–H groups in total. The van der Waals surface area contributed by atoms with Crippen molar-refractivity contribution in [2.24, 2.45) is 34.5 Å². The zero-order chi connectivity index (χ0) is 15.7. The van der Waals surface area contributed by atoms with E-state index in [9.17, 15) is 15.0 Å². The average molecular weight is 306 g/mol. The second-order valence-corrected chi connectivity index (χ2v) is 9.35. The van der Waals surface area contributed by atoms with Crippen molar-refractivity contribution in [2.75, 3.05) is 0 Å². The fraction of sp³-hybridized carbons (Fsp3) is 0.947. The van der Waals surface area contributed by atoms with E-state index >= 15 is 0 Å². The van der Waals surface area contributed by atoms with Crippen molar-refractivity contribution >= 4 is 5.78 Å². The molecular formula is C19H30O3. The van der Waals surface area contributed by atoms with Crippen LogP contribution in [0.2, 0.25) is 0 Å². The average Bonchev–Trinajstić information content (AvgIpc) is 2.73. The molecule has 0 spiro atoms. The van der Waals surface area contributed by atoms with Crippen LogP contribution in [-0.2, 0) is 4.79 Å². The minimum Gasteiger partial charge on any atom is -0.393 e. The Bertz CT molecular complexity index is 489. The Kier molecular flexibility index (Phi) is 3.30. The minimum absolute atomic E-state index is 0.0368. The molecule has 0 saturated heterocycles. The summed E-state index contributed by atoms with van der Waals surface area (Å²) >= 11 is 0. The number of hydrogen-bond acceptors (Lipinski definition) is 3. The van der Waals surface area contributed by atoms with Crippen molar-refractivity contribution < 1.29 is 15.0 Å². The molecule has 0 aromatic heterocycles. The number of carbonyl (C=O) groups is 1. The molecule has 0 aromatic rings.